The molecule has 1 saturated heterocycles. The molecule has 0 radical (unpaired) electrons. The van der Waals surface area contributed by atoms with Gasteiger partial charge in [-0.15, -0.1) is 0 Å². The Labute approximate surface area is 118 Å². The van der Waals surface area contributed by atoms with Crippen LogP contribution < -0.4 is 10.6 Å². The molecule has 0 spiro atoms. The predicted octanol–water partition coefficient (Wildman–Crippen LogP) is 0.251. The molecular formula is C14H24N2O4. The Bertz CT molecular complexity index is 366. The summed E-state index contributed by atoms with van der Waals surface area (Å²) in [4.78, 5) is 23.1. The molecule has 4 N–H and O–H groups in total. The third kappa shape index (κ3) is 3.93. The molecule has 2 rings (SSSR count). The first-order valence-corrected chi connectivity index (χ1v) is 7.42. The summed E-state index contributed by atoms with van der Waals surface area (Å²) in [7, 11) is 0. The Kier molecular flexibility index (Phi) is 4.99. The van der Waals surface area contributed by atoms with Gasteiger partial charge in [0.05, 0.1) is 18.6 Å². The minimum Gasteiger partial charge on any atom is -0.481 e. The number of rotatable bonds is 5. The first-order chi connectivity index (χ1) is 9.51. The quantitative estimate of drug-likeness (QED) is 0.580. The zero-order chi connectivity index (χ0) is 14.6. The van der Waals surface area contributed by atoms with E-state index in [0.29, 0.717) is 19.5 Å². The number of carboxylic acids is 1. The summed E-state index contributed by atoms with van der Waals surface area (Å²) in [5.74, 6) is -0.924. The number of hydrogen-bond acceptors (Lipinski definition) is 4. The van der Waals surface area contributed by atoms with Crippen LogP contribution in [-0.2, 0) is 9.59 Å². The van der Waals surface area contributed by atoms with Crippen molar-refractivity contribution in [2.24, 2.45) is 5.41 Å². The van der Waals surface area contributed by atoms with Gasteiger partial charge in [-0.05, 0) is 24.7 Å². The molecule has 0 bridgehead atoms. The monoisotopic (exact) mass is 284 g/mol. The topological polar surface area (TPSA) is 98.7 Å². The van der Waals surface area contributed by atoms with Crippen LogP contribution in [0.1, 0.15) is 44.9 Å². The smallest absolute Gasteiger partial charge is 0.303 e. The molecule has 0 aromatic rings. The van der Waals surface area contributed by atoms with E-state index < -0.39 is 12.1 Å². The van der Waals surface area contributed by atoms with Crippen LogP contribution in [0.15, 0.2) is 0 Å². The maximum atomic E-state index is 12.0. The highest BCUT2D eigenvalue weighted by Gasteiger charge is 2.36. The molecule has 6 heteroatoms. The number of hydrogen-bond donors (Lipinski definition) is 4. The van der Waals surface area contributed by atoms with Crippen molar-refractivity contribution >= 4 is 11.9 Å². The molecule has 1 heterocycles. The molecule has 1 amide bonds. The lowest BCUT2D eigenvalue weighted by Crippen LogP contribution is -2.46. The van der Waals surface area contributed by atoms with Crippen molar-refractivity contribution < 1.29 is 19.8 Å². The van der Waals surface area contributed by atoms with Crippen LogP contribution in [0.3, 0.4) is 0 Å². The van der Waals surface area contributed by atoms with Gasteiger partial charge in [-0.25, -0.2) is 0 Å². The number of carbonyl (C=O) groups excluding carboxylic acids is 1. The van der Waals surface area contributed by atoms with Gasteiger partial charge in [0.2, 0.25) is 5.91 Å². The minimum atomic E-state index is -0.796. The van der Waals surface area contributed by atoms with Crippen LogP contribution >= 0.6 is 0 Å². The molecule has 114 valence electrons. The molecule has 1 aliphatic carbocycles. The first-order valence-electron chi connectivity index (χ1n) is 7.42. The van der Waals surface area contributed by atoms with Crippen LogP contribution in [0.2, 0.25) is 0 Å². The molecule has 0 aromatic carbocycles. The number of aliphatic carboxylic acids is 1. The predicted molar refractivity (Wildman–Crippen MR) is 73.2 cm³/mol. The molecule has 2 aliphatic rings. The average molecular weight is 284 g/mol. The normalized spacial score (nSPS) is 29.1. The Morgan fingerprint density at radius 2 is 1.95 bits per heavy atom. The second kappa shape index (κ2) is 6.54. The van der Waals surface area contributed by atoms with Crippen molar-refractivity contribution in [3.05, 3.63) is 0 Å². The van der Waals surface area contributed by atoms with Gasteiger partial charge in [0, 0.05) is 13.1 Å². The van der Waals surface area contributed by atoms with Crippen LogP contribution in [0.4, 0.5) is 0 Å². The van der Waals surface area contributed by atoms with Gasteiger partial charge in [0.1, 0.15) is 0 Å². The van der Waals surface area contributed by atoms with Crippen LogP contribution in [0.5, 0.6) is 0 Å². The van der Waals surface area contributed by atoms with Crippen LogP contribution in [0, 0.1) is 5.41 Å². The largest absolute Gasteiger partial charge is 0.481 e. The van der Waals surface area contributed by atoms with Crippen molar-refractivity contribution in [2.75, 3.05) is 13.1 Å². The van der Waals surface area contributed by atoms with Gasteiger partial charge in [-0.3, -0.25) is 9.59 Å². The maximum absolute atomic E-state index is 12.0. The Hall–Kier alpha value is -1.14. The van der Waals surface area contributed by atoms with Crippen molar-refractivity contribution in [1.82, 2.24) is 10.6 Å². The summed E-state index contributed by atoms with van der Waals surface area (Å²) >= 11 is 0. The highest BCUT2D eigenvalue weighted by molar-refractivity contribution is 5.82. The number of amides is 1. The van der Waals surface area contributed by atoms with Gasteiger partial charge in [0.15, 0.2) is 0 Å². The van der Waals surface area contributed by atoms with Crippen molar-refractivity contribution in [2.45, 2.75) is 57.1 Å². The van der Waals surface area contributed by atoms with Gasteiger partial charge in [0.25, 0.3) is 0 Å². The van der Waals surface area contributed by atoms with E-state index in [4.69, 9.17) is 5.11 Å². The lowest BCUT2D eigenvalue weighted by atomic mass is 9.71. The van der Waals surface area contributed by atoms with Gasteiger partial charge in [-0.1, -0.05) is 19.3 Å². The number of β-amino-alcohol motifs (C(OH)–C–C–N with tert-alkyl or cyclic N) is 1. The third-order valence-corrected chi connectivity index (χ3v) is 4.50. The average Bonchev–Trinajstić information content (AvgIpc) is 2.83. The number of aliphatic hydroxyl groups excluding tert-OH is 1. The van der Waals surface area contributed by atoms with Crippen molar-refractivity contribution in [3.63, 3.8) is 0 Å². The maximum Gasteiger partial charge on any atom is 0.303 e. The van der Waals surface area contributed by atoms with E-state index in [0.717, 1.165) is 32.1 Å². The fourth-order valence-corrected chi connectivity index (χ4v) is 3.35. The van der Waals surface area contributed by atoms with Gasteiger partial charge < -0.3 is 20.8 Å². The SMILES string of the molecule is O=C(O)CC1(CNC(=O)C2CC(O)CN2)CCCCC1. The van der Waals surface area contributed by atoms with E-state index in [1.807, 2.05) is 0 Å². The Balaban J connectivity index is 1.88. The van der Waals surface area contributed by atoms with E-state index in [9.17, 15) is 14.7 Å². The first kappa shape index (κ1) is 15.3. The summed E-state index contributed by atoms with van der Waals surface area (Å²) in [6.07, 6.45) is 5.01. The molecule has 2 atom stereocenters. The summed E-state index contributed by atoms with van der Waals surface area (Å²) in [5.41, 5.74) is -0.295. The Morgan fingerprint density at radius 3 is 2.50 bits per heavy atom. The fraction of sp³-hybridized carbons (Fsp3) is 0.857. The zero-order valence-electron chi connectivity index (χ0n) is 11.7. The number of carbonyl (C=O) groups is 2. The second-order valence-corrected chi connectivity index (χ2v) is 6.20. The summed E-state index contributed by atoms with van der Waals surface area (Å²) in [5, 5.41) is 24.4. The van der Waals surface area contributed by atoms with Crippen LogP contribution in [0.25, 0.3) is 0 Å². The molecule has 2 fully saturated rings. The second-order valence-electron chi connectivity index (χ2n) is 6.20. The summed E-state index contributed by atoms with van der Waals surface area (Å²) in [6, 6.07) is -0.351. The van der Waals surface area contributed by atoms with Crippen LogP contribution in [-0.4, -0.2) is 47.3 Å². The lowest BCUT2D eigenvalue weighted by Gasteiger charge is -2.36. The highest BCUT2D eigenvalue weighted by atomic mass is 16.4. The molecule has 1 aliphatic heterocycles. The number of nitrogens with one attached hydrogen (secondary N) is 2. The molecule has 0 aromatic heterocycles. The fourth-order valence-electron chi connectivity index (χ4n) is 3.35. The molecule has 20 heavy (non-hydrogen) atoms. The van der Waals surface area contributed by atoms with Crippen molar-refractivity contribution in [1.29, 1.82) is 0 Å². The number of aliphatic hydroxyl groups is 1. The van der Waals surface area contributed by atoms with E-state index in [1.54, 1.807) is 0 Å². The van der Waals surface area contributed by atoms with Gasteiger partial charge >= 0.3 is 5.97 Å². The van der Waals surface area contributed by atoms with Crippen molar-refractivity contribution in [3.8, 4) is 0 Å². The summed E-state index contributed by atoms with van der Waals surface area (Å²) in [6.45, 7) is 0.866. The zero-order valence-corrected chi connectivity index (χ0v) is 11.7. The minimum absolute atomic E-state index is 0.119. The van der Waals surface area contributed by atoms with E-state index in [1.165, 1.54) is 0 Å². The summed E-state index contributed by atoms with van der Waals surface area (Å²) < 4.78 is 0. The molecular weight excluding hydrogens is 260 g/mol. The molecule has 1 saturated carbocycles. The number of carboxylic acid groups (broad SMARTS) is 1. The highest BCUT2D eigenvalue weighted by Crippen LogP contribution is 2.38. The molecule has 6 nitrogen and oxygen atoms in total. The molecule has 2 unspecified atom stereocenters. The van der Waals surface area contributed by atoms with E-state index >= 15 is 0 Å². The standard InChI is InChI=1S/C14H24N2O4/c17-10-6-11(15-8-10)13(20)16-9-14(7-12(18)19)4-2-1-3-5-14/h10-11,15,17H,1-9H2,(H,16,20)(H,18,19). The Morgan fingerprint density at radius 1 is 1.25 bits per heavy atom. The van der Waals surface area contributed by atoms with E-state index in [2.05, 4.69) is 10.6 Å². The lowest BCUT2D eigenvalue weighted by molar-refractivity contribution is -0.140. The van der Waals surface area contributed by atoms with Gasteiger partial charge in [-0.2, -0.15) is 0 Å². The van der Waals surface area contributed by atoms with E-state index in [-0.39, 0.29) is 23.8 Å². The third-order valence-electron chi connectivity index (χ3n) is 4.50.